The molecular formula is C11H13NO3S. The number of hydrogen-bond donors (Lipinski definition) is 2. The molecule has 0 unspecified atom stereocenters. The van der Waals surface area contributed by atoms with Gasteiger partial charge in [0.15, 0.2) is 0 Å². The first-order chi connectivity index (χ1) is 7.66. The molecule has 1 saturated carbocycles. The van der Waals surface area contributed by atoms with Gasteiger partial charge in [-0.25, -0.2) is 0 Å². The molecule has 2 N–H and O–H groups in total. The van der Waals surface area contributed by atoms with Crippen LogP contribution in [0.25, 0.3) is 0 Å². The lowest BCUT2D eigenvalue weighted by molar-refractivity contribution is -0.141. The maximum atomic E-state index is 11.7. The molecule has 1 aromatic rings. The summed E-state index contributed by atoms with van der Waals surface area (Å²) in [4.78, 5) is 22.4. The van der Waals surface area contributed by atoms with E-state index in [1.54, 1.807) is 11.4 Å². The summed E-state index contributed by atoms with van der Waals surface area (Å²) in [5, 5.41) is 15.4. The third-order valence-electron chi connectivity index (χ3n) is 2.90. The molecule has 2 atom stereocenters. The summed E-state index contributed by atoms with van der Waals surface area (Å²) in [6, 6.07) is 1.78. The van der Waals surface area contributed by atoms with Gasteiger partial charge in [0, 0.05) is 17.0 Å². The SMILES string of the molecule is O=C(N[C@@H]1CC[C@@H](C(=O)O)C1)c1ccsc1. The van der Waals surface area contributed by atoms with Crippen LogP contribution in [0.3, 0.4) is 0 Å². The second kappa shape index (κ2) is 4.65. The van der Waals surface area contributed by atoms with Crippen LogP contribution in [0.15, 0.2) is 16.8 Å². The molecule has 0 aromatic carbocycles. The summed E-state index contributed by atoms with van der Waals surface area (Å²) in [5.41, 5.74) is 0.656. The van der Waals surface area contributed by atoms with Crippen LogP contribution in [0, 0.1) is 5.92 Å². The Hall–Kier alpha value is -1.36. The molecule has 1 aliphatic rings. The first-order valence-electron chi connectivity index (χ1n) is 5.22. The third kappa shape index (κ3) is 2.41. The summed E-state index contributed by atoms with van der Waals surface area (Å²) < 4.78 is 0. The zero-order valence-electron chi connectivity index (χ0n) is 8.68. The van der Waals surface area contributed by atoms with Crippen molar-refractivity contribution in [3.8, 4) is 0 Å². The van der Waals surface area contributed by atoms with Gasteiger partial charge in [0.05, 0.1) is 5.92 Å². The van der Waals surface area contributed by atoms with E-state index in [4.69, 9.17) is 5.11 Å². The maximum Gasteiger partial charge on any atom is 0.306 e. The van der Waals surface area contributed by atoms with Gasteiger partial charge in [0.25, 0.3) is 5.91 Å². The summed E-state index contributed by atoms with van der Waals surface area (Å²) in [6.07, 6.45) is 1.96. The molecule has 86 valence electrons. The van der Waals surface area contributed by atoms with E-state index in [9.17, 15) is 9.59 Å². The second-order valence-electron chi connectivity index (χ2n) is 4.03. The van der Waals surface area contributed by atoms with Crippen molar-refractivity contribution in [2.24, 2.45) is 5.92 Å². The highest BCUT2D eigenvalue weighted by Crippen LogP contribution is 2.25. The van der Waals surface area contributed by atoms with E-state index in [0.29, 0.717) is 18.4 Å². The van der Waals surface area contributed by atoms with E-state index in [1.807, 2.05) is 5.38 Å². The molecule has 16 heavy (non-hydrogen) atoms. The van der Waals surface area contributed by atoms with Crippen molar-refractivity contribution >= 4 is 23.2 Å². The Morgan fingerprint density at radius 1 is 1.44 bits per heavy atom. The molecule has 1 heterocycles. The van der Waals surface area contributed by atoms with E-state index in [2.05, 4.69) is 5.32 Å². The smallest absolute Gasteiger partial charge is 0.306 e. The minimum atomic E-state index is -0.757. The lowest BCUT2D eigenvalue weighted by Crippen LogP contribution is -2.33. The summed E-state index contributed by atoms with van der Waals surface area (Å²) in [5.74, 6) is -1.16. The summed E-state index contributed by atoms with van der Waals surface area (Å²) in [6.45, 7) is 0. The van der Waals surface area contributed by atoms with E-state index >= 15 is 0 Å². The minimum Gasteiger partial charge on any atom is -0.481 e. The van der Waals surface area contributed by atoms with Crippen LogP contribution < -0.4 is 5.32 Å². The van der Waals surface area contributed by atoms with Gasteiger partial charge >= 0.3 is 5.97 Å². The van der Waals surface area contributed by atoms with Crippen LogP contribution in [0.2, 0.25) is 0 Å². The molecule has 0 aliphatic heterocycles. The van der Waals surface area contributed by atoms with Gasteiger partial charge in [-0.15, -0.1) is 0 Å². The lowest BCUT2D eigenvalue weighted by Gasteiger charge is -2.11. The topological polar surface area (TPSA) is 66.4 Å². The van der Waals surface area contributed by atoms with Crippen molar-refractivity contribution in [2.45, 2.75) is 25.3 Å². The molecule has 0 saturated heterocycles. The van der Waals surface area contributed by atoms with Gasteiger partial charge < -0.3 is 10.4 Å². The zero-order chi connectivity index (χ0) is 11.5. The number of thiophene rings is 1. The molecule has 1 aromatic heterocycles. The Morgan fingerprint density at radius 2 is 2.25 bits per heavy atom. The van der Waals surface area contributed by atoms with Crippen LogP contribution in [0.4, 0.5) is 0 Å². The highest BCUT2D eigenvalue weighted by atomic mass is 32.1. The Balaban J connectivity index is 1.88. The Labute approximate surface area is 97.3 Å². The van der Waals surface area contributed by atoms with Crippen molar-refractivity contribution in [1.82, 2.24) is 5.32 Å². The standard InChI is InChI=1S/C11H13NO3S/c13-10(8-3-4-16-6-8)12-9-2-1-7(5-9)11(14)15/h3-4,6-7,9H,1-2,5H2,(H,12,13)(H,14,15)/t7-,9-/m1/s1. The normalized spacial score (nSPS) is 24.2. The molecule has 0 radical (unpaired) electrons. The number of amides is 1. The lowest BCUT2D eigenvalue weighted by atomic mass is 10.1. The summed E-state index contributed by atoms with van der Waals surface area (Å²) in [7, 11) is 0. The zero-order valence-corrected chi connectivity index (χ0v) is 9.50. The molecule has 1 aliphatic carbocycles. The van der Waals surface area contributed by atoms with Crippen molar-refractivity contribution < 1.29 is 14.7 Å². The number of aliphatic carboxylic acids is 1. The Morgan fingerprint density at radius 3 is 2.81 bits per heavy atom. The highest BCUT2D eigenvalue weighted by molar-refractivity contribution is 7.08. The van der Waals surface area contributed by atoms with Crippen LogP contribution in [-0.4, -0.2) is 23.0 Å². The molecular weight excluding hydrogens is 226 g/mol. The third-order valence-corrected chi connectivity index (χ3v) is 3.58. The van der Waals surface area contributed by atoms with Crippen LogP contribution in [0.1, 0.15) is 29.6 Å². The van der Waals surface area contributed by atoms with E-state index in [0.717, 1.165) is 6.42 Å². The van der Waals surface area contributed by atoms with Crippen molar-refractivity contribution in [1.29, 1.82) is 0 Å². The number of hydrogen-bond acceptors (Lipinski definition) is 3. The quantitative estimate of drug-likeness (QED) is 0.844. The molecule has 0 bridgehead atoms. The number of carboxylic acid groups (broad SMARTS) is 1. The molecule has 0 spiro atoms. The monoisotopic (exact) mass is 239 g/mol. The largest absolute Gasteiger partial charge is 0.481 e. The van der Waals surface area contributed by atoms with Gasteiger partial charge in [0.2, 0.25) is 0 Å². The number of nitrogens with one attached hydrogen (secondary N) is 1. The predicted molar refractivity (Wildman–Crippen MR) is 60.6 cm³/mol. The molecule has 5 heteroatoms. The van der Waals surface area contributed by atoms with E-state index in [1.165, 1.54) is 11.3 Å². The molecule has 4 nitrogen and oxygen atoms in total. The van der Waals surface area contributed by atoms with Crippen LogP contribution in [0.5, 0.6) is 0 Å². The average molecular weight is 239 g/mol. The van der Waals surface area contributed by atoms with Crippen LogP contribution >= 0.6 is 11.3 Å². The average Bonchev–Trinajstić information content (AvgIpc) is 2.87. The number of rotatable bonds is 3. The van der Waals surface area contributed by atoms with E-state index < -0.39 is 5.97 Å². The van der Waals surface area contributed by atoms with Crippen molar-refractivity contribution in [3.05, 3.63) is 22.4 Å². The van der Waals surface area contributed by atoms with Gasteiger partial charge in [-0.3, -0.25) is 9.59 Å². The first-order valence-corrected chi connectivity index (χ1v) is 6.17. The van der Waals surface area contributed by atoms with Crippen LogP contribution in [-0.2, 0) is 4.79 Å². The van der Waals surface area contributed by atoms with Crippen molar-refractivity contribution in [2.75, 3.05) is 0 Å². The van der Waals surface area contributed by atoms with Gasteiger partial charge in [-0.2, -0.15) is 11.3 Å². The maximum absolute atomic E-state index is 11.7. The molecule has 1 fully saturated rings. The van der Waals surface area contributed by atoms with Crippen molar-refractivity contribution in [3.63, 3.8) is 0 Å². The number of carbonyl (C=O) groups is 2. The molecule has 1 amide bonds. The summed E-state index contributed by atoms with van der Waals surface area (Å²) >= 11 is 1.48. The Kier molecular flexibility index (Phi) is 3.24. The molecule has 2 rings (SSSR count). The fourth-order valence-electron chi connectivity index (χ4n) is 2.00. The first kappa shape index (κ1) is 11.1. The predicted octanol–water partition coefficient (Wildman–Crippen LogP) is 1.73. The fourth-order valence-corrected chi connectivity index (χ4v) is 2.64. The van der Waals surface area contributed by atoms with E-state index in [-0.39, 0.29) is 17.9 Å². The second-order valence-corrected chi connectivity index (χ2v) is 4.81. The highest BCUT2D eigenvalue weighted by Gasteiger charge is 2.30. The minimum absolute atomic E-state index is 0.00787. The fraction of sp³-hybridized carbons (Fsp3) is 0.455. The number of carboxylic acids is 1. The van der Waals surface area contributed by atoms with Gasteiger partial charge in [0.1, 0.15) is 0 Å². The van der Waals surface area contributed by atoms with Gasteiger partial charge in [-0.05, 0) is 30.7 Å². The van der Waals surface area contributed by atoms with Gasteiger partial charge in [-0.1, -0.05) is 0 Å². The Bertz CT molecular complexity index is 388. The number of carbonyl (C=O) groups excluding carboxylic acids is 1.